The van der Waals surface area contributed by atoms with Crippen LogP contribution in [-0.4, -0.2) is 37.1 Å². The van der Waals surface area contributed by atoms with Crippen LogP contribution in [-0.2, 0) is 10.0 Å². The third-order valence-corrected chi connectivity index (χ3v) is 8.45. The van der Waals surface area contributed by atoms with Crippen molar-refractivity contribution < 1.29 is 17.2 Å². The van der Waals surface area contributed by atoms with Crippen LogP contribution in [0.1, 0.15) is 43.6 Å². The third kappa shape index (κ3) is 4.31. The van der Waals surface area contributed by atoms with Gasteiger partial charge in [-0.3, -0.25) is 0 Å². The van der Waals surface area contributed by atoms with E-state index in [0.29, 0.717) is 18.8 Å². The SMILES string of the molecule is O=S(=O)(C1CCCCC1)N1CC(Nc2ccc(F)c(F)c2)C(c2ccccc2)C1. The highest BCUT2D eigenvalue weighted by Crippen LogP contribution is 2.35. The Hall–Kier alpha value is -1.99. The fourth-order valence-corrected chi connectivity index (χ4v) is 6.62. The van der Waals surface area contributed by atoms with Gasteiger partial charge in [0.25, 0.3) is 0 Å². The lowest BCUT2D eigenvalue weighted by atomic mass is 9.94. The second kappa shape index (κ2) is 8.40. The van der Waals surface area contributed by atoms with E-state index in [2.05, 4.69) is 5.32 Å². The lowest BCUT2D eigenvalue weighted by Gasteiger charge is -2.27. The molecule has 2 aromatic rings. The quantitative estimate of drug-likeness (QED) is 0.774. The largest absolute Gasteiger partial charge is 0.380 e. The Labute approximate surface area is 171 Å². The number of sulfonamides is 1. The molecule has 2 aromatic carbocycles. The highest BCUT2D eigenvalue weighted by Gasteiger charge is 2.42. The van der Waals surface area contributed by atoms with Crippen molar-refractivity contribution in [3.05, 3.63) is 65.7 Å². The highest BCUT2D eigenvalue weighted by molar-refractivity contribution is 7.89. The minimum absolute atomic E-state index is 0.0670. The van der Waals surface area contributed by atoms with E-state index in [1.165, 1.54) is 6.07 Å². The van der Waals surface area contributed by atoms with Crippen molar-refractivity contribution in [1.29, 1.82) is 0 Å². The van der Waals surface area contributed by atoms with Gasteiger partial charge in [0.1, 0.15) is 0 Å². The zero-order valence-electron chi connectivity index (χ0n) is 16.2. The molecule has 0 amide bonds. The van der Waals surface area contributed by atoms with Crippen molar-refractivity contribution in [3.8, 4) is 0 Å². The van der Waals surface area contributed by atoms with Crippen LogP contribution in [0.3, 0.4) is 0 Å². The van der Waals surface area contributed by atoms with Crippen molar-refractivity contribution in [2.75, 3.05) is 18.4 Å². The molecule has 7 heteroatoms. The molecular formula is C22H26F2N2O2S. The van der Waals surface area contributed by atoms with Crippen LogP contribution in [0, 0.1) is 11.6 Å². The second-order valence-electron chi connectivity index (χ2n) is 8.02. The van der Waals surface area contributed by atoms with Gasteiger partial charge in [0, 0.05) is 36.8 Å². The van der Waals surface area contributed by atoms with Crippen LogP contribution < -0.4 is 5.32 Å². The molecule has 2 aliphatic rings. The third-order valence-electron chi connectivity index (χ3n) is 6.12. The molecule has 4 nitrogen and oxygen atoms in total. The zero-order valence-corrected chi connectivity index (χ0v) is 17.0. The molecule has 1 saturated carbocycles. The molecular weight excluding hydrogens is 394 g/mol. The van der Waals surface area contributed by atoms with Gasteiger partial charge in [-0.2, -0.15) is 4.31 Å². The average molecular weight is 421 g/mol. The standard InChI is InChI=1S/C22H26F2N2O2S/c23-20-12-11-17(13-21(20)24)25-22-15-26(14-19(22)16-7-3-1-4-8-16)29(27,28)18-9-5-2-6-10-18/h1,3-4,7-8,11-13,18-19,22,25H,2,5-6,9-10,14-15H2. The van der Waals surface area contributed by atoms with Gasteiger partial charge in [-0.15, -0.1) is 0 Å². The molecule has 2 fully saturated rings. The van der Waals surface area contributed by atoms with E-state index >= 15 is 0 Å². The number of benzene rings is 2. The average Bonchev–Trinajstić information content (AvgIpc) is 3.17. The zero-order chi connectivity index (χ0) is 20.4. The summed E-state index contributed by atoms with van der Waals surface area (Å²) in [6.07, 6.45) is 4.44. The molecule has 2 unspecified atom stereocenters. The summed E-state index contributed by atoms with van der Waals surface area (Å²) in [5.41, 5.74) is 1.49. The number of rotatable bonds is 5. The number of anilines is 1. The topological polar surface area (TPSA) is 49.4 Å². The number of nitrogens with one attached hydrogen (secondary N) is 1. The molecule has 1 aliphatic heterocycles. The molecule has 1 saturated heterocycles. The van der Waals surface area contributed by atoms with Crippen molar-refractivity contribution in [2.24, 2.45) is 0 Å². The lowest BCUT2D eigenvalue weighted by Crippen LogP contribution is -2.39. The number of hydrogen-bond donors (Lipinski definition) is 1. The van der Waals surface area contributed by atoms with Crippen LogP contribution in [0.5, 0.6) is 0 Å². The normalized spacial score (nSPS) is 23.9. The Balaban J connectivity index is 1.60. The minimum Gasteiger partial charge on any atom is -0.380 e. The van der Waals surface area contributed by atoms with Gasteiger partial charge in [-0.1, -0.05) is 49.6 Å². The Morgan fingerprint density at radius 2 is 1.62 bits per heavy atom. The number of halogens is 2. The van der Waals surface area contributed by atoms with E-state index in [1.807, 2.05) is 30.3 Å². The maximum absolute atomic E-state index is 13.7. The van der Waals surface area contributed by atoms with Gasteiger partial charge in [0.2, 0.25) is 10.0 Å². The fraction of sp³-hybridized carbons (Fsp3) is 0.455. The molecule has 0 radical (unpaired) electrons. The number of hydrogen-bond acceptors (Lipinski definition) is 3. The van der Waals surface area contributed by atoms with E-state index in [-0.39, 0.29) is 17.2 Å². The Morgan fingerprint density at radius 3 is 2.31 bits per heavy atom. The second-order valence-corrected chi connectivity index (χ2v) is 10.2. The van der Waals surface area contributed by atoms with Gasteiger partial charge in [0.15, 0.2) is 11.6 Å². The molecule has 0 spiro atoms. The monoisotopic (exact) mass is 420 g/mol. The first-order chi connectivity index (χ1) is 13.9. The van der Waals surface area contributed by atoms with Crippen molar-refractivity contribution in [1.82, 2.24) is 4.31 Å². The predicted molar refractivity (Wildman–Crippen MR) is 110 cm³/mol. The van der Waals surface area contributed by atoms with Crippen LogP contribution in [0.4, 0.5) is 14.5 Å². The molecule has 1 aliphatic carbocycles. The molecule has 156 valence electrons. The van der Waals surface area contributed by atoms with Gasteiger partial charge in [0.05, 0.1) is 5.25 Å². The maximum Gasteiger partial charge on any atom is 0.217 e. The van der Waals surface area contributed by atoms with E-state index < -0.39 is 21.7 Å². The summed E-state index contributed by atoms with van der Waals surface area (Å²) >= 11 is 0. The van der Waals surface area contributed by atoms with Crippen LogP contribution in [0.25, 0.3) is 0 Å². The molecule has 2 atom stereocenters. The van der Waals surface area contributed by atoms with E-state index in [9.17, 15) is 17.2 Å². The summed E-state index contributed by atoms with van der Waals surface area (Å²) in [6.45, 7) is 0.710. The predicted octanol–water partition coefficient (Wildman–Crippen LogP) is 4.51. The molecule has 4 rings (SSSR count). The molecule has 1 heterocycles. The maximum atomic E-state index is 13.7. The molecule has 29 heavy (non-hydrogen) atoms. The molecule has 0 bridgehead atoms. The highest BCUT2D eigenvalue weighted by atomic mass is 32.2. The summed E-state index contributed by atoms with van der Waals surface area (Å²) in [6, 6.07) is 13.2. The molecule has 1 N–H and O–H groups in total. The van der Waals surface area contributed by atoms with Crippen LogP contribution in [0.2, 0.25) is 0 Å². The Bertz CT molecular complexity index is 947. The van der Waals surface area contributed by atoms with Gasteiger partial charge >= 0.3 is 0 Å². The van der Waals surface area contributed by atoms with Crippen molar-refractivity contribution in [3.63, 3.8) is 0 Å². The first-order valence-corrected chi connectivity index (χ1v) is 11.7. The fourth-order valence-electron chi connectivity index (χ4n) is 4.53. The van der Waals surface area contributed by atoms with Gasteiger partial charge in [-0.05, 0) is 30.5 Å². The summed E-state index contributed by atoms with van der Waals surface area (Å²) in [5.74, 6) is -1.89. The summed E-state index contributed by atoms with van der Waals surface area (Å²) in [5, 5.41) is 2.94. The lowest BCUT2D eigenvalue weighted by molar-refractivity contribution is 0.425. The number of nitrogens with zero attached hydrogens (tertiary/aromatic N) is 1. The van der Waals surface area contributed by atoms with E-state index in [1.54, 1.807) is 4.31 Å². The van der Waals surface area contributed by atoms with E-state index in [4.69, 9.17) is 0 Å². The smallest absolute Gasteiger partial charge is 0.217 e. The first kappa shape index (κ1) is 20.3. The van der Waals surface area contributed by atoms with Crippen LogP contribution in [0.15, 0.2) is 48.5 Å². The summed E-state index contributed by atoms with van der Waals surface area (Å²) in [4.78, 5) is 0. The summed E-state index contributed by atoms with van der Waals surface area (Å²) < 4.78 is 55.0. The summed E-state index contributed by atoms with van der Waals surface area (Å²) in [7, 11) is -3.38. The van der Waals surface area contributed by atoms with Crippen molar-refractivity contribution >= 4 is 15.7 Å². The van der Waals surface area contributed by atoms with Gasteiger partial charge < -0.3 is 5.32 Å². The van der Waals surface area contributed by atoms with Crippen LogP contribution >= 0.6 is 0 Å². The van der Waals surface area contributed by atoms with Gasteiger partial charge in [-0.25, -0.2) is 17.2 Å². The first-order valence-electron chi connectivity index (χ1n) is 10.2. The Kier molecular flexibility index (Phi) is 5.88. The Morgan fingerprint density at radius 1 is 0.897 bits per heavy atom. The molecule has 0 aromatic heterocycles. The van der Waals surface area contributed by atoms with Crippen molar-refractivity contribution in [2.45, 2.75) is 49.3 Å². The van der Waals surface area contributed by atoms with E-state index in [0.717, 1.165) is 49.8 Å². The minimum atomic E-state index is -3.38.